The van der Waals surface area contributed by atoms with E-state index in [4.69, 9.17) is 0 Å². The Labute approximate surface area is 123 Å². The molecule has 0 saturated carbocycles. The number of halogens is 11. The normalized spacial score (nSPS) is 16.0. The lowest BCUT2D eigenvalue weighted by molar-refractivity contribution is -0.138. The number of allylic oxidation sites excluding steroid dienone is 3. The molecule has 0 bridgehead atoms. The smallest absolute Gasteiger partial charge is 0.349 e. The average Bonchev–Trinajstić information content (AvgIpc) is 2.31. The molecule has 0 aromatic rings. The first-order valence-corrected chi connectivity index (χ1v) is 5.85. The molecule has 0 aliphatic rings. The number of alkyl halides is 9. The SMILES string of the molecule is CCN(CC)/C(F)=C(/C(=C(\F)C(F)(F)F)C(F)(F)F)C(F)(F)F. The first-order chi connectivity index (χ1) is 10.1. The van der Waals surface area contributed by atoms with Crippen LogP contribution in [0.2, 0.25) is 0 Å². The molecule has 0 saturated heterocycles. The van der Waals surface area contributed by atoms with Crippen molar-refractivity contribution in [2.24, 2.45) is 0 Å². The van der Waals surface area contributed by atoms with Gasteiger partial charge in [-0.05, 0) is 13.8 Å². The Morgan fingerprint density at radius 1 is 0.652 bits per heavy atom. The summed E-state index contributed by atoms with van der Waals surface area (Å²) in [5.74, 6) is -6.71. The monoisotopic (exact) mass is 365 g/mol. The van der Waals surface area contributed by atoms with Crippen LogP contribution < -0.4 is 0 Å². The van der Waals surface area contributed by atoms with Gasteiger partial charge in [0.1, 0.15) is 11.1 Å². The van der Waals surface area contributed by atoms with Crippen molar-refractivity contribution in [2.75, 3.05) is 13.1 Å². The van der Waals surface area contributed by atoms with E-state index >= 15 is 0 Å². The summed E-state index contributed by atoms with van der Waals surface area (Å²) in [5.41, 5.74) is -7.11. The largest absolute Gasteiger partial charge is 0.443 e. The van der Waals surface area contributed by atoms with Crippen LogP contribution in [0.5, 0.6) is 0 Å². The van der Waals surface area contributed by atoms with Crippen LogP contribution in [0.1, 0.15) is 13.8 Å². The molecular formula is C11H10F11N. The standard InChI is InChI=1S/C11H10F11N/c1-3-23(4-2)8(13)6(10(17,18)19)5(9(14,15)16)7(12)11(20,21)22/h3-4H2,1-2H3/b7-5+,8-6-. The maximum atomic E-state index is 13.8. The predicted octanol–water partition coefficient (Wildman–Crippen LogP) is 5.42. The first-order valence-electron chi connectivity index (χ1n) is 5.85. The Morgan fingerprint density at radius 3 is 1.22 bits per heavy atom. The van der Waals surface area contributed by atoms with Gasteiger partial charge in [0.25, 0.3) is 0 Å². The minimum atomic E-state index is -6.42. The van der Waals surface area contributed by atoms with Crippen molar-refractivity contribution in [1.29, 1.82) is 0 Å². The molecule has 0 aromatic carbocycles. The summed E-state index contributed by atoms with van der Waals surface area (Å²) in [5, 5.41) is 0. The Hall–Kier alpha value is -1.49. The highest BCUT2D eigenvalue weighted by atomic mass is 19.4. The summed E-state index contributed by atoms with van der Waals surface area (Å²) in [6.45, 7) is 0.934. The van der Waals surface area contributed by atoms with Crippen LogP contribution in [-0.2, 0) is 0 Å². The molecular weight excluding hydrogens is 355 g/mol. The lowest BCUT2D eigenvalue weighted by Gasteiger charge is -2.25. The van der Waals surface area contributed by atoms with E-state index in [9.17, 15) is 48.3 Å². The van der Waals surface area contributed by atoms with Crippen LogP contribution in [0.3, 0.4) is 0 Å². The topological polar surface area (TPSA) is 3.24 Å². The van der Waals surface area contributed by atoms with Gasteiger partial charge in [0.15, 0.2) is 0 Å². The van der Waals surface area contributed by atoms with Gasteiger partial charge in [0.2, 0.25) is 11.8 Å². The van der Waals surface area contributed by atoms with Crippen molar-refractivity contribution in [3.63, 3.8) is 0 Å². The second kappa shape index (κ2) is 6.95. The fourth-order valence-corrected chi connectivity index (χ4v) is 1.54. The Kier molecular flexibility index (Phi) is 6.50. The van der Waals surface area contributed by atoms with E-state index in [-0.39, 0.29) is 4.90 Å². The van der Waals surface area contributed by atoms with Gasteiger partial charge in [-0.1, -0.05) is 0 Å². The van der Waals surface area contributed by atoms with E-state index in [1.807, 2.05) is 0 Å². The molecule has 0 N–H and O–H groups in total. The van der Waals surface area contributed by atoms with Gasteiger partial charge in [0.05, 0.1) is 0 Å². The zero-order valence-electron chi connectivity index (χ0n) is 11.5. The van der Waals surface area contributed by atoms with E-state index in [1.165, 1.54) is 0 Å². The molecule has 12 heteroatoms. The molecule has 0 fully saturated rings. The van der Waals surface area contributed by atoms with Gasteiger partial charge in [-0.2, -0.15) is 43.9 Å². The predicted molar refractivity (Wildman–Crippen MR) is 57.4 cm³/mol. The van der Waals surface area contributed by atoms with Gasteiger partial charge in [-0.3, -0.25) is 0 Å². The van der Waals surface area contributed by atoms with Gasteiger partial charge in [0, 0.05) is 13.1 Å². The Balaban J connectivity index is 6.86. The lowest BCUT2D eigenvalue weighted by atomic mass is 10.0. The molecule has 0 atom stereocenters. The molecule has 1 nitrogen and oxygen atoms in total. The highest BCUT2D eigenvalue weighted by molar-refractivity contribution is 5.43. The van der Waals surface area contributed by atoms with E-state index in [0.717, 1.165) is 13.8 Å². The molecule has 0 aliphatic heterocycles. The van der Waals surface area contributed by atoms with Gasteiger partial charge in [-0.25, -0.2) is 4.39 Å². The third-order valence-electron chi connectivity index (χ3n) is 2.53. The second-order valence-electron chi connectivity index (χ2n) is 4.02. The van der Waals surface area contributed by atoms with E-state index in [0.29, 0.717) is 0 Å². The third-order valence-corrected chi connectivity index (χ3v) is 2.53. The van der Waals surface area contributed by atoms with E-state index in [2.05, 4.69) is 0 Å². The summed E-state index contributed by atoms with van der Waals surface area (Å²) in [4.78, 5) is 0.0816. The molecule has 0 heterocycles. The molecule has 0 spiro atoms. The molecule has 0 unspecified atom stereocenters. The lowest BCUT2D eigenvalue weighted by Crippen LogP contribution is -2.32. The summed E-state index contributed by atoms with van der Waals surface area (Å²) in [6, 6.07) is 0. The van der Waals surface area contributed by atoms with Crippen LogP contribution in [0.15, 0.2) is 22.9 Å². The quantitative estimate of drug-likeness (QED) is 0.365. The zero-order valence-corrected chi connectivity index (χ0v) is 11.5. The summed E-state index contributed by atoms with van der Waals surface area (Å²) in [7, 11) is 0. The minimum Gasteiger partial charge on any atom is -0.349 e. The number of nitrogens with zero attached hydrogens (tertiary/aromatic N) is 1. The maximum absolute atomic E-state index is 13.8. The Morgan fingerprint density at radius 2 is 1.00 bits per heavy atom. The van der Waals surface area contributed by atoms with E-state index < -0.39 is 54.5 Å². The zero-order chi connectivity index (χ0) is 18.8. The van der Waals surface area contributed by atoms with Gasteiger partial charge >= 0.3 is 18.5 Å². The number of hydrogen-bond donors (Lipinski definition) is 0. The van der Waals surface area contributed by atoms with Crippen molar-refractivity contribution >= 4 is 0 Å². The van der Waals surface area contributed by atoms with Crippen LogP contribution in [0.25, 0.3) is 0 Å². The van der Waals surface area contributed by atoms with Crippen molar-refractivity contribution in [3.05, 3.63) is 22.9 Å². The molecule has 0 amide bonds. The van der Waals surface area contributed by atoms with Crippen LogP contribution in [-0.4, -0.2) is 36.5 Å². The fourth-order valence-electron chi connectivity index (χ4n) is 1.54. The molecule has 0 rings (SSSR count). The van der Waals surface area contributed by atoms with Crippen molar-refractivity contribution in [3.8, 4) is 0 Å². The first kappa shape index (κ1) is 21.5. The molecule has 136 valence electrons. The molecule has 0 radical (unpaired) electrons. The third kappa shape index (κ3) is 5.27. The average molecular weight is 365 g/mol. The molecule has 0 aliphatic carbocycles. The second-order valence-corrected chi connectivity index (χ2v) is 4.02. The summed E-state index contributed by atoms with van der Waals surface area (Å²) >= 11 is 0. The minimum absolute atomic E-state index is 0.0816. The van der Waals surface area contributed by atoms with Crippen molar-refractivity contribution < 1.29 is 48.3 Å². The van der Waals surface area contributed by atoms with Crippen LogP contribution in [0.4, 0.5) is 48.3 Å². The van der Waals surface area contributed by atoms with Crippen LogP contribution in [0, 0.1) is 0 Å². The fraction of sp³-hybridized carbons (Fsp3) is 0.636. The summed E-state index contributed by atoms with van der Waals surface area (Å²) < 4.78 is 139. The molecule has 23 heavy (non-hydrogen) atoms. The van der Waals surface area contributed by atoms with Crippen molar-refractivity contribution in [2.45, 2.75) is 32.4 Å². The number of hydrogen-bond acceptors (Lipinski definition) is 1. The van der Waals surface area contributed by atoms with Gasteiger partial charge < -0.3 is 4.90 Å². The summed E-state index contributed by atoms with van der Waals surface area (Å²) in [6.07, 6.45) is -19.0. The van der Waals surface area contributed by atoms with Gasteiger partial charge in [-0.15, -0.1) is 0 Å². The highest BCUT2D eigenvalue weighted by Gasteiger charge is 2.55. The van der Waals surface area contributed by atoms with Crippen LogP contribution >= 0.6 is 0 Å². The molecule has 0 aromatic heterocycles. The maximum Gasteiger partial charge on any atom is 0.443 e. The number of rotatable bonds is 4. The highest BCUT2D eigenvalue weighted by Crippen LogP contribution is 2.47. The van der Waals surface area contributed by atoms with E-state index in [1.54, 1.807) is 0 Å². The van der Waals surface area contributed by atoms with Crippen molar-refractivity contribution in [1.82, 2.24) is 4.90 Å². The Bertz CT molecular complexity index is 474.